The zero-order chi connectivity index (χ0) is 14.3. The van der Waals surface area contributed by atoms with Crippen LogP contribution in [0.2, 0.25) is 0 Å². The van der Waals surface area contributed by atoms with Gasteiger partial charge in [0.1, 0.15) is 0 Å². The first-order valence-electron chi connectivity index (χ1n) is 8.83. The summed E-state index contributed by atoms with van der Waals surface area (Å²) in [5.41, 5.74) is 1.99. The maximum absolute atomic E-state index is 3.91. The summed E-state index contributed by atoms with van der Waals surface area (Å²) in [6.07, 6.45) is 8.42. The maximum Gasteiger partial charge on any atom is 0.0309 e. The molecule has 4 rings (SSSR count). The molecule has 3 unspecified atom stereocenters. The monoisotopic (exact) mass is 284 g/mol. The summed E-state index contributed by atoms with van der Waals surface area (Å²) in [6, 6.07) is 12.6. The highest BCUT2D eigenvalue weighted by molar-refractivity contribution is 5.28. The van der Waals surface area contributed by atoms with Crippen LogP contribution >= 0.6 is 0 Å². The average molecular weight is 284 g/mol. The van der Waals surface area contributed by atoms with Crippen LogP contribution in [-0.4, -0.2) is 35.6 Å². The van der Waals surface area contributed by atoms with Crippen molar-refractivity contribution in [3.63, 3.8) is 0 Å². The van der Waals surface area contributed by atoms with Crippen LogP contribution in [0.5, 0.6) is 0 Å². The predicted octanol–water partition coefficient (Wildman–Crippen LogP) is 3.54. The summed E-state index contributed by atoms with van der Waals surface area (Å²) in [5.74, 6) is 0.785. The fourth-order valence-corrected chi connectivity index (χ4v) is 4.66. The SMILES string of the molecule is CC1CNC2(CCCCC2)CN1C1CC1c1ccccc1. The molecule has 0 radical (unpaired) electrons. The van der Waals surface area contributed by atoms with Gasteiger partial charge in [0.15, 0.2) is 0 Å². The Kier molecular flexibility index (Phi) is 3.55. The van der Waals surface area contributed by atoms with Gasteiger partial charge in [0, 0.05) is 36.6 Å². The first-order valence-corrected chi connectivity index (χ1v) is 8.83. The van der Waals surface area contributed by atoms with Crippen molar-refractivity contribution in [3.8, 4) is 0 Å². The Labute approximate surface area is 128 Å². The number of piperazine rings is 1. The van der Waals surface area contributed by atoms with Gasteiger partial charge in [-0.1, -0.05) is 49.6 Å². The largest absolute Gasteiger partial charge is 0.308 e. The van der Waals surface area contributed by atoms with Crippen LogP contribution in [0.25, 0.3) is 0 Å². The molecule has 1 aromatic rings. The molecule has 2 heteroatoms. The molecule has 1 aromatic carbocycles. The third kappa shape index (κ3) is 2.64. The quantitative estimate of drug-likeness (QED) is 0.893. The molecule has 3 atom stereocenters. The van der Waals surface area contributed by atoms with E-state index in [4.69, 9.17) is 0 Å². The molecule has 21 heavy (non-hydrogen) atoms. The van der Waals surface area contributed by atoms with Crippen LogP contribution in [0.4, 0.5) is 0 Å². The Morgan fingerprint density at radius 2 is 1.86 bits per heavy atom. The van der Waals surface area contributed by atoms with E-state index in [-0.39, 0.29) is 0 Å². The van der Waals surface area contributed by atoms with Gasteiger partial charge in [-0.2, -0.15) is 0 Å². The second kappa shape index (κ2) is 5.40. The molecular formula is C19H28N2. The summed E-state index contributed by atoms with van der Waals surface area (Å²) >= 11 is 0. The lowest BCUT2D eigenvalue weighted by atomic mass is 9.79. The minimum Gasteiger partial charge on any atom is -0.308 e. The van der Waals surface area contributed by atoms with Gasteiger partial charge in [-0.25, -0.2) is 0 Å². The van der Waals surface area contributed by atoms with E-state index >= 15 is 0 Å². The number of nitrogens with one attached hydrogen (secondary N) is 1. The molecule has 114 valence electrons. The molecule has 1 N–H and O–H groups in total. The van der Waals surface area contributed by atoms with Crippen molar-refractivity contribution < 1.29 is 0 Å². The lowest BCUT2D eigenvalue weighted by Gasteiger charge is -2.49. The third-order valence-corrected chi connectivity index (χ3v) is 6.04. The Hall–Kier alpha value is -0.860. The highest BCUT2D eigenvalue weighted by Crippen LogP contribution is 2.47. The van der Waals surface area contributed by atoms with Gasteiger partial charge in [-0.3, -0.25) is 4.90 Å². The summed E-state index contributed by atoms with van der Waals surface area (Å²) in [4.78, 5) is 2.83. The lowest BCUT2D eigenvalue weighted by molar-refractivity contribution is 0.0555. The van der Waals surface area contributed by atoms with Crippen LogP contribution in [0.1, 0.15) is 56.9 Å². The van der Waals surface area contributed by atoms with Crippen LogP contribution in [0.3, 0.4) is 0 Å². The van der Waals surface area contributed by atoms with Crippen LogP contribution in [0, 0.1) is 0 Å². The fourth-order valence-electron chi connectivity index (χ4n) is 4.66. The number of hydrogen-bond acceptors (Lipinski definition) is 2. The second-order valence-electron chi connectivity index (χ2n) is 7.56. The molecule has 1 saturated heterocycles. The molecule has 2 nitrogen and oxygen atoms in total. The minimum atomic E-state index is 0.439. The van der Waals surface area contributed by atoms with Gasteiger partial charge in [-0.05, 0) is 31.7 Å². The van der Waals surface area contributed by atoms with E-state index in [0.29, 0.717) is 11.6 Å². The van der Waals surface area contributed by atoms with E-state index in [1.54, 1.807) is 5.56 Å². The van der Waals surface area contributed by atoms with Crippen molar-refractivity contribution in [2.75, 3.05) is 13.1 Å². The minimum absolute atomic E-state index is 0.439. The predicted molar refractivity (Wildman–Crippen MR) is 87.6 cm³/mol. The normalized spacial score (nSPS) is 35.8. The van der Waals surface area contributed by atoms with Crippen LogP contribution in [-0.2, 0) is 0 Å². The Bertz CT molecular complexity index is 478. The van der Waals surface area contributed by atoms with Crippen LogP contribution in [0.15, 0.2) is 30.3 Å². The summed E-state index contributed by atoms with van der Waals surface area (Å²) in [5, 5.41) is 3.91. The highest BCUT2D eigenvalue weighted by Gasteiger charge is 2.49. The third-order valence-electron chi connectivity index (χ3n) is 6.04. The van der Waals surface area contributed by atoms with E-state index in [1.807, 2.05) is 0 Å². The Morgan fingerprint density at radius 1 is 1.10 bits per heavy atom. The van der Waals surface area contributed by atoms with Gasteiger partial charge in [0.25, 0.3) is 0 Å². The number of rotatable bonds is 2. The summed E-state index contributed by atoms with van der Waals surface area (Å²) in [7, 11) is 0. The zero-order valence-electron chi connectivity index (χ0n) is 13.2. The molecule has 2 saturated carbocycles. The highest BCUT2D eigenvalue weighted by atomic mass is 15.3. The average Bonchev–Trinajstić information content (AvgIpc) is 3.32. The number of benzene rings is 1. The maximum atomic E-state index is 3.91. The Balaban J connectivity index is 1.47. The van der Waals surface area contributed by atoms with Gasteiger partial charge in [-0.15, -0.1) is 0 Å². The summed E-state index contributed by atoms with van der Waals surface area (Å²) in [6.45, 7) is 4.86. The smallest absolute Gasteiger partial charge is 0.0309 e. The second-order valence-corrected chi connectivity index (χ2v) is 7.56. The van der Waals surface area contributed by atoms with Gasteiger partial charge in [0.2, 0.25) is 0 Å². The van der Waals surface area contributed by atoms with Crippen molar-refractivity contribution in [3.05, 3.63) is 35.9 Å². The molecule has 0 aromatic heterocycles. The first-order chi connectivity index (χ1) is 10.3. The fraction of sp³-hybridized carbons (Fsp3) is 0.684. The molecule has 1 spiro atoms. The number of hydrogen-bond donors (Lipinski definition) is 1. The summed E-state index contributed by atoms with van der Waals surface area (Å²) < 4.78 is 0. The van der Waals surface area contributed by atoms with Crippen molar-refractivity contribution in [2.45, 2.75) is 69.0 Å². The van der Waals surface area contributed by atoms with Gasteiger partial charge >= 0.3 is 0 Å². The molecule has 3 fully saturated rings. The standard InChI is InChI=1S/C19H28N2/c1-15-13-20-19(10-6-3-7-11-19)14-21(15)18-12-17(18)16-8-4-2-5-9-16/h2,4-5,8-9,15,17-18,20H,3,6-7,10-14H2,1H3. The molecule has 3 aliphatic rings. The van der Waals surface area contributed by atoms with Gasteiger partial charge < -0.3 is 5.32 Å². The van der Waals surface area contributed by atoms with Crippen molar-refractivity contribution >= 4 is 0 Å². The lowest BCUT2D eigenvalue weighted by Crippen LogP contribution is -2.64. The topological polar surface area (TPSA) is 15.3 Å². The first kappa shape index (κ1) is 13.8. The van der Waals surface area contributed by atoms with Crippen LogP contribution < -0.4 is 5.32 Å². The molecule has 1 heterocycles. The van der Waals surface area contributed by atoms with E-state index < -0.39 is 0 Å². The number of nitrogens with zero attached hydrogens (tertiary/aromatic N) is 1. The Morgan fingerprint density at radius 3 is 2.62 bits per heavy atom. The molecule has 2 aliphatic carbocycles. The van der Waals surface area contributed by atoms with E-state index in [1.165, 1.54) is 51.6 Å². The van der Waals surface area contributed by atoms with Crippen molar-refractivity contribution in [2.24, 2.45) is 0 Å². The van der Waals surface area contributed by atoms with Gasteiger partial charge in [0.05, 0.1) is 0 Å². The van der Waals surface area contributed by atoms with E-state index in [0.717, 1.165) is 12.0 Å². The molecule has 1 aliphatic heterocycles. The van der Waals surface area contributed by atoms with Crippen molar-refractivity contribution in [1.29, 1.82) is 0 Å². The zero-order valence-corrected chi connectivity index (χ0v) is 13.2. The molecule has 0 bridgehead atoms. The molecular weight excluding hydrogens is 256 g/mol. The molecule has 0 amide bonds. The van der Waals surface area contributed by atoms with E-state index in [9.17, 15) is 0 Å². The van der Waals surface area contributed by atoms with E-state index in [2.05, 4.69) is 47.5 Å². The van der Waals surface area contributed by atoms with Crippen molar-refractivity contribution in [1.82, 2.24) is 10.2 Å².